The number of carbonyl (C=O) groups is 1. The summed E-state index contributed by atoms with van der Waals surface area (Å²) >= 11 is 0. The number of hydrogen-bond donors (Lipinski definition) is 3. The number of anilines is 1. The molecule has 0 atom stereocenters. The number of rotatable bonds is 4. The van der Waals surface area contributed by atoms with Crippen molar-refractivity contribution in [3.63, 3.8) is 0 Å². The molecule has 7 heteroatoms. The van der Waals surface area contributed by atoms with Crippen LogP contribution in [0.15, 0.2) is 60.7 Å². The van der Waals surface area contributed by atoms with Crippen LogP contribution in [-0.2, 0) is 0 Å². The minimum absolute atomic E-state index is 0.143. The first-order valence-electron chi connectivity index (χ1n) is 8.58. The monoisotopic (exact) mass is 378 g/mol. The van der Waals surface area contributed by atoms with Gasteiger partial charge in [-0.2, -0.15) is 0 Å². The highest BCUT2D eigenvalue weighted by atomic mass is 19.1. The third-order valence-corrected chi connectivity index (χ3v) is 4.39. The van der Waals surface area contributed by atoms with E-state index in [2.05, 4.69) is 20.8 Å². The number of H-pyrrole nitrogens is 1. The molecule has 1 aromatic heterocycles. The second kappa shape index (κ2) is 7.11. The third-order valence-electron chi connectivity index (χ3n) is 4.39. The number of fused-ring (bicyclic) bond motifs is 1. The Bertz CT molecular complexity index is 1150. The number of para-hydroxylation sites is 2. The summed E-state index contributed by atoms with van der Waals surface area (Å²) in [5.41, 5.74) is 8.38. The average molecular weight is 378 g/mol. The summed E-state index contributed by atoms with van der Waals surface area (Å²) in [6.45, 7) is 1.70. The van der Waals surface area contributed by atoms with Gasteiger partial charge in [-0.05, 0) is 54.4 Å². The molecule has 0 unspecified atom stereocenters. The Labute approximate surface area is 159 Å². The van der Waals surface area contributed by atoms with Crippen molar-refractivity contribution in [3.8, 4) is 11.1 Å². The van der Waals surface area contributed by atoms with Crippen LogP contribution in [0, 0.1) is 18.6 Å². The van der Waals surface area contributed by atoms with Gasteiger partial charge < -0.3 is 4.98 Å². The lowest BCUT2D eigenvalue weighted by Crippen LogP contribution is -2.30. The second-order valence-corrected chi connectivity index (χ2v) is 6.34. The molecule has 140 valence electrons. The van der Waals surface area contributed by atoms with Crippen molar-refractivity contribution in [1.29, 1.82) is 0 Å². The molecule has 0 saturated heterocycles. The normalized spacial score (nSPS) is 10.8. The van der Waals surface area contributed by atoms with Gasteiger partial charge in [-0.25, -0.2) is 13.8 Å². The number of halogens is 2. The molecular formula is C21H16F2N4O. The van der Waals surface area contributed by atoms with E-state index >= 15 is 0 Å². The topological polar surface area (TPSA) is 69.8 Å². The Kier molecular flexibility index (Phi) is 4.49. The highest BCUT2D eigenvalue weighted by molar-refractivity contribution is 5.95. The van der Waals surface area contributed by atoms with Gasteiger partial charge in [0.2, 0.25) is 5.95 Å². The number of nitrogens with one attached hydrogen (secondary N) is 3. The molecule has 28 heavy (non-hydrogen) atoms. The zero-order valence-electron chi connectivity index (χ0n) is 14.9. The summed E-state index contributed by atoms with van der Waals surface area (Å²) in [5, 5.41) is 0. The summed E-state index contributed by atoms with van der Waals surface area (Å²) in [6, 6.07) is 15.7. The maximum atomic E-state index is 14.6. The summed E-state index contributed by atoms with van der Waals surface area (Å²) in [4.78, 5) is 19.6. The van der Waals surface area contributed by atoms with E-state index in [1.54, 1.807) is 6.92 Å². The van der Waals surface area contributed by atoms with Gasteiger partial charge in [0.05, 0.1) is 11.0 Å². The standard InChI is InChI=1S/C21H16F2N4O/c1-12-10-14(22)7-9-15(12)16-8-6-13(11-17(16)23)20(28)26-27-21-24-18-4-2-3-5-19(18)25-21/h2-11H,1H3,(H,26,28)(H2,24,25,27). The third kappa shape index (κ3) is 3.42. The van der Waals surface area contributed by atoms with Crippen molar-refractivity contribution in [3.05, 3.63) is 83.4 Å². The number of hydrazine groups is 1. The van der Waals surface area contributed by atoms with Crippen molar-refractivity contribution < 1.29 is 13.6 Å². The Hall–Kier alpha value is -3.74. The van der Waals surface area contributed by atoms with Crippen LogP contribution in [0.5, 0.6) is 0 Å². The van der Waals surface area contributed by atoms with E-state index < -0.39 is 11.7 Å². The molecule has 1 amide bonds. The number of aryl methyl sites for hydroxylation is 1. The van der Waals surface area contributed by atoms with Gasteiger partial charge in [0.25, 0.3) is 5.91 Å². The molecule has 0 aliphatic heterocycles. The molecule has 0 aliphatic carbocycles. The number of hydrogen-bond acceptors (Lipinski definition) is 3. The maximum absolute atomic E-state index is 14.6. The predicted molar refractivity (Wildman–Crippen MR) is 104 cm³/mol. The van der Waals surface area contributed by atoms with Crippen molar-refractivity contribution in [1.82, 2.24) is 15.4 Å². The summed E-state index contributed by atoms with van der Waals surface area (Å²) < 4.78 is 27.8. The molecule has 4 aromatic rings. The zero-order valence-corrected chi connectivity index (χ0v) is 14.9. The van der Waals surface area contributed by atoms with Crippen molar-refractivity contribution >= 4 is 22.9 Å². The summed E-state index contributed by atoms with van der Waals surface area (Å²) in [5.74, 6) is -1.09. The lowest BCUT2D eigenvalue weighted by Gasteiger charge is -2.10. The van der Waals surface area contributed by atoms with E-state index in [4.69, 9.17) is 0 Å². The highest BCUT2D eigenvalue weighted by Gasteiger charge is 2.13. The highest BCUT2D eigenvalue weighted by Crippen LogP contribution is 2.27. The number of amides is 1. The van der Waals surface area contributed by atoms with Crippen LogP contribution in [0.25, 0.3) is 22.2 Å². The number of aromatic amines is 1. The smallest absolute Gasteiger partial charge is 0.269 e. The molecule has 3 aromatic carbocycles. The van der Waals surface area contributed by atoms with Gasteiger partial charge >= 0.3 is 0 Å². The molecule has 1 heterocycles. The van der Waals surface area contributed by atoms with E-state index in [9.17, 15) is 13.6 Å². The fourth-order valence-electron chi connectivity index (χ4n) is 3.00. The maximum Gasteiger partial charge on any atom is 0.269 e. The first-order chi connectivity index (χ1) is 13.5. The number of aromatic nitrogens is 2. The van der Waals surface area contributed by atoms with E-state index in [-0.39, 0.29) is 11.4 Å². The molecule has 0 fully saturated rings. The first kappa shape index (κ1) is 17.7. The van der Waals surface area contributed by atoms with E-state index in [0.29, 0.717) is 22.6 Å². The molecule has 0 saturated carbocycles. The van der Waals surface area contributed by atoms with Crippen molar-refractivity contribution in [2.45, 2.75) is 6.92 Å². The van der Waals surface area contributed by atoms with E-state index in [0.717, 1.165) is 17.1 Å². The Morgan fingerprint density at radius 3 is 2.54 bits per heavy atom. The van der Waals surface area contributed by atoms with Gasteiger partial charge in [0.1, 0.15) is 11.6 Å². The molecule has 0 bridgehead atoms. The van der Waals surface area contributed by atoms with Gasteiger partial charge in [0.15, 0.2) is 0 Å². The van der Waals surface area contributed by atoms with Crippen LogP contribution in [0.3, 0.4) is 0 Å². The van der Waals surface area contributed by atoms with Gasteiger partial charge in [0, 0.05) is 11.1 Å². The fraction of sp³-hybridized carbons (Fsp3) is 0.0476. The van der Waals surface area contributed by atoms with Gasteiger partial charge in [-0.3, -0.25) is 15.6 Å². The van der Waals surface area contributed by atoms with Gasteiger partial charge in [-0.1, -0.05) is 24.3 Å². The Morgan fingerprint density at radius 2 is 1.79 bits per heavy atom. The van der Waals surface area contributed by atoms with E-state index in [1.807, 2.05) is 24.3 Å². The van der Waals surface area contributed by atoms with Crippen LogP contribution >= 0.6 is 0 Å². The first-order valence-corrected chi connectivity index (χ1v) is 8.58. The lowest BCUT2D eigenvalue weighted by atomic mass is 9.98. The van der Waals surface area contributed by atoms with E-state index in [1.165, 1.54) is 30.3 Å². The number of carbonyl (C=O) groups excluding carboxylic acids is 1. The minimum atomic E-state index is -0.564. The number of imidazole rings is 1. The van der Waals surface area contributed by atoms with Gasteiger partial charge in [-0.15, -0.1) is 0 Å². The minimum Gasteiger partial charge on any atom is -0.323 e. The second-order valence-electron chi connectivity index (χ2n) is 6.34. The van der Waals surface area contributed by atoms with Crippen LogP contribution in [0.1, 0.15) is 15.9 Å². The zero-order chi connectivity index (χ0) is 19.7. The van der Waals surface area contributed by atoms with Crippen LogP contribution < -0.4 is 10.9 Å². The molecular weight excluding hydrogens is 362 g/mol. The predicted octanol–water partition coefficient (Wildman–Crippen LogP) is 4.57. The van der Waals surface area contributed by atoms with Crippen LogP contribution in [0.2, 0.25) is 0 Å². The Morgan fingerprint density at radius 1 is 1.00 bits per heavy atom. The summed E-state index contributed by atoms with van der Waals surface area (Å²) in [6.07, 6.45) is 0. The SMILES string of the molecule is Cc1cc(F)ccc1-c1ccc(C(=O)NNc2nc3ccccc3[nH]2)cc1F. The largest absolute Gasteiger partial charge is 0.323 e. The van der Waals surface area contributed by atoms with Crippen molar-refractivity contribution in [2.24, 2.45) is 0 Å². The molecule has 5 nitrogen and oxygen atoms in total. The van der Waals surface area contributed by atoms with Crippen molar-refractivity contribution in [2.75, 3.05) is 5.43 Å². The molecule has 0 spiro atoms. The fourth-order valence-corrected chi connectivity index (χ4v) is 3.00. The molecule has 4 rings (SSSR count). The van der Waals surface area contributed by atoms with Crippen LogP contribution in [0.4, 0.5) is 14.7 Å². The molecule has 0 radical (unpaired) electrons. The molecule has 3 N–H and O–H groups in total. The number of benzene rings is 3. The molecule has 0 aliphatic rings. The number of nitrogens with zero attached hydrogens (tertiary/aromatic N) is 1. The van der Waals surface area contributed by atoms with Crippen LogP contribution in [-0.4, -0.2) is 15.9 Å². The average Bonchev–Trinajstić information content (AvgIpc) is 3.09. The summed E-state index contributed by atoms with van der Waals surface area (Å²) in [7, 11) is 0. The Balaban J connectivity index is 1.51. The quantitative estimate of drug-likeness (QED) is 0.456. The lowest BCUT2D eigenvalue weighted by molar-refractivity contribution is 0.0962.